The van der Waals surface area contributed by atoms with Crippen LogP contribution in [0.5, 0.6) is 0 Å². The summed E-state index contributed by atoms with van der Waals surface area (Å²) in [7, 11) is 0. The van der Waals surface area contributed by atoms with Crippen LogP contribution in [0.4, 0.5) is 4.39 Å². The van der Waals surface area contributed by atoms with Crippen molar-refractivity contribution in [2.45, 2.75) is 6.54 Å². The van der Waals surface area contributed by atoms with Crippen LogP contribution in [-0.2, 0) is 6.54 Å². The van der Waals surface area contributed by atoms with Crippen molar-refractivity contribution in [2.24, 2.45) is 0 Å². The minimum absolute atomic E-state index is 0.291. The third-order valence-electron chi connectivity index (χ3n) is 2.45. The van der Waals surface area contributed by atoms with Crippen molar-refractivity contribution in [1.29, 1.82) is 0 Å². The lowest BCUT2D eigenvalue weighted by Crippen LogP contribution is -1.96. The second-order valence-electron chi connectivity index (χ2n) is 3.75. The van der Waals surface area contributed by atoms with E-state index in [1.165, 1.54) is 12.1 Å². The van der Waals surface area contributed by atoms with Gasteiger partial charge in [0.15, 0.2) is 0 Å². The van der Waals surface area contributed by atoms with Gasteiger partial charge in [-0.25, -0.2) is 9.37 Å². The molecule has 0 aliphatic carbocycles. The molecule has 0 aliphatic rings. The molecule has 0 saturated heterocycles. The molecular formula is C12H9FN4O. The fourth-order valence-corrected chi connectivity index (χ4v) is 1.57. The summed E-state index contributed by atoms with van der Waals surface area (Å²) in [5, 5.41) is 3.85. The first-order valence-corrected chi connectivity index (χ1v) is 5.35. The Bertz CT molecular complexity index is 630. The predicted octanol–water partition coefficient (Wildman–Crippen LogP) is 2.12. The van der Waals surface area contributed by atoms with E-state index in [0.717, 1.165) is 5.56 Å². The van der Waals surface area contributed by atoms with Gasteiger partial charge in [0.25, 0.3) is 0 Å². The lowest BCUT2D eigenvalue weighted by Gasteiger charge is -1.94. The van der Waals surface area contributed by atoms with E-state index in [1.807, 2.05) is 10.8 Å². The maximum atomic E-state index is 12.8. The summed E-state index contributed by atoms with van der Waals surface area (Å²) >= 11 is 0. The van der Waals surface area contributed by atoms with Gasteiger partial charge in [-0.15, -0.1) is 0 Å². The average molecular weight is 244 g/mol. The van der Waals surface area contributed by atoms with Crippen LogP contribution in [0.1, 0.15) is 5.89 Å². The van der Waals surface area contributed by atoms with Gasteiger partial charge in [-0.1, -0.05) is 5.16 Å². The van der Waals surface area contributed by atoms with E-state index in [-0.39, 0.29) is 5.82 Å². The van der Waals surface area contributed by atoms with Gasteiger partial charge in [0.1, 0.15) is 12.4 Å². The minimum atomic E-state index is -0.291. The van der Waals surface area contributed by atoms with E-state index < -0.39 is 0 Å². The van der Waals surface area contributed by atoms with Crippen LogP contribution >= 0.6 is 0 Å². The molecule has 5 nitrogen and oxygen atoms in total. The van der Waals surface area contributed by atoms with Crippen molar-refractivity contribution in [3.8, 4) is 11.4 Å². The zero-order valence-electron chi connectivity index (χ0n) is 9.32. The number of imidazole rings is 1. The molecule has 0 spiro atoms. The molecule has 18 heavy (non-hydrogen) atoms. The number of rotatable bonds is 3. The number of benzene rings is 1. The van der Waals surface area contributed by atoms with Crippen LogP contribution in [0.25, 0.3) is 11.4 Å². The zero-order chi connectivity index (χ0) is 12.4. The Hall–Kier alpha value is -2.50. The molecule has 3 aromatic rings. The number of hydrogen-bond donors (Lipinski definition) is 0. The fourth-order valence-electron chi connectivity index (χ4n) is 1.57. The standard InChI is InChI=1S/C12H9FN4O/c13-10-3-1-9(2-4-10)12-15-11(18-16-12)7-17-6-5-14-8-17/h1-6,8H,7H2. The van der Waals surface area contributed by atoms with Crippen molar-refractivity contribution in [3.05, 3.63) is 54.7 Å². The number of aromatic nitrogens is 4. The topological polar surface area (TPSA) is 56.7 Å². The molecule has 1 aromatic carbocycles. The fraction of sp³-hybridized carbons (Fsp3) is 0.0833. The number of halogens is 1. The molecule has 0 bridgehead atoms. The molecule has 0 radical (unpaired) electrons. The Balaban J connectivity index is 1.83. The molecule has 90 valence electrons. The van der Waals surface area contributed by atoms with Crippen LogP contribution in [0, 0.1) is 5.82 Å². The van der Waals surface area contributed by atoms with E-state index in [9.17, 15) is 4.39 Å². The van der Waals surface area contributed by atoms with Crippen molar-refractivity contribution < 1.29 is 8.91 Å². The molecular weight excluding hydrogens is 235 g/mol. The van der Waals surface area contributed by atoms with Crippen LogP contribution in [0.2, 0.25) is 0 Å². The molecule has 0 amide bonds. The normalized spacial score (nSPS) is 10.7. The zero-order valence-corrected chi connectivity index (χ0v) is 9.32. The van der Waals surface area contributed by atoms with E-state index in [1.54, 1.807) is 24.7 Å². The van der Waals surface area contributed by atoms with Gasteiger partial charge in [0.05, 0.1) is 6.33 Å². The third kappa shape index (κ3) is 2.13. The molecule has 2 heterocycles. The molecule has 0 saturated carbocycles. The smallest absolute Gasteiger partial charge is 0.246 e. The van der Waals surface area contributed by atoms with Gasteiger partial charge < -0.3 is 9.09 Å². The third-order valence-corrected chi connectivity index (χ3v) is 2.45. The Morgan fingerprint density at radius 3 is 2.78 bits per heavy atom. The molecule has 0 N–H and O–H groups in total. The second-order valence-corrected chi connectivity index (χ2v) is 3.75. The van der Waals surface area contributed by atoms with Gasteiger partial charge in [-0.05, 0) is 24.3 Å². The van der Waals surface area contributed by atoms with E-state index >= 15 is 0 Å². The predicted molar refractivity (Wildman–Crippen MR) is 61.0 cm³/mol. The molecule has 0 fully saturated rings. The van der Waals surface area contributed by atoms with Crippen LogP contribution in [0.3, 0.4) is 0 Å². The van der Waals surface area contributed by atoms with Gasteiger partial charge in [-0.3, -0.25) is 0 Å². The lowest BCUT2D eigenvalue weighted by molar-refractivity contribution is 0.371. The minimum Gasteiger partial charge on any atom is -0.337 e. The highest BCUT2D eigenvalue weighted by atomic mass is 19.1. The van der Waals surface area contributed by atoms with Gasteiger partial charge >= 0.3 is 0 Å². The summed E-state index contributed by atoms with van der Waals surface area (Å²) < 4.78 is 19.7. The highest BCUT2D eigenvalue weighted by Gasteiger charge is 2.08. The van der Waals surface area contributed by atoms with E-state index in [2.05, 4.69) is 15.1 Å². The van der Waals surface area contributed by atoms with Gasteiger partial charge in [0, 0.05) is 18.0 Å². The highest BCUT2D eigenvalue weighted by molar-refractivity contribution is 5.53. The van der Waals surface area contributed by atoms with E-state index in [4.69, 9.17) is 4.52 Å². The summed E-state index contributed by atoms with van der Waals surface area (Å²) in [6.07, 6.45) is 5.15. The quantitative estimate of drug-likeness (QED) is 0.708. The van der Waals surface area contributed by atoms with Crippen molar-refractivity contribution in [2.75, 3.05) is 0 Å². The second kappa shape index (κ2) is 4.40. The van der Waals surface area contributed by atoms with E-state index in [0.29, 0.717) is 18.3 Å². The van der Waals surface area contributed by atoms with Gasteiger partial charge in [0.2, 0.25) is 11.7 Å². The Kier molecular flexibility index (Phi) is 2.60. The first-order valence-electron chi connectivity index (χ1n) is 5.35. The van der Waals surface area contributed by atoms with Gasteiger partial charge in [-0.2, -0.15) is 4.98 Å². The SMILES string of the molecule is Fc1ccc(-c2noc(Cn3ccnc3)n2)cc1. The van der Waals surface area contributed by atoms with Crippen LogP contribution < -0.4 is 0 Å². The monoisotopic (exact) mass is 244 g/mol. The maximum absolute atomic E-state index is 12.8. The summed E-state index contributed by atoms with van der Waals surface area (Å²) in [6, 6.07) is 5.95. The summed E-state index contributed by atoms with van der Waals surface area (Å²) in [5.74, 6) is 0.637. The van der Waals surface area contributed by atoms with Crippen molar-refractivity contribution >= 4 is 0 Å². The number of nitrogens with zero attached hydrogens (tertiary/aromatic N) is 4. The van der Waals surface area contributed by atoms with Crippen LogP contribution in [0.15, 0.2) is 47.5 Å². The van der Waals surface area contributed by atoms with Crippen molar-refractivity contribution in [3.63, 3.8) is 0 Å². The molecule has 2 aromatic heterocycles. The summed E-state index contributed by atoms with van der Waals surface area (Å²) in [5.41, 5.74) is 0.719. The van der Waals surface area contributed by atoms with Crippen molar-refractivity contribution in [1.82, 2.24) is 19.7 Å². The molecule has 3 rings (SSSR count). The molecule has 0 aliphatic heterocycles. The maximum Gasteiger partial charge on any atom is 0.246 e. The Labute approximate surface area is 102 Å². The molecule has 6 heteroatoms. The highest BCUT2D eigenvalue weighted by Crippen LogP contribution is 2.16. The largest absolute Gasteiger partial charge is 0.337 e. The Morgan fingerprint density at radius 1 is 1.22 bits per heavy atom. The Morgan fingerprint density at radius 2 is 2.06 bits per heavy atom. The first-order chi connectivity index (χ1) is 8.81. The lowest BCUT2D eigenvalue weighted by atomic mass is 10.2. The summed E-state index contributed by atoms with van der Waals surface area (Å²) in [6.45, 7) is 0.466. The van der Waals surface area contributed by atoms with Crippen LogP contribution in [-0.4, -0.2) is 19.7 Å². The first kappa shape index (κ1) is 10.6. The molecule has 0 unspecified atom stereocenters. The molecule has 0 atom stereocenters. The summed E-state index contributed by atoms with van der Waals surface area (Å²) in [4.78, 5) is 8.16. The average Bonchev–Trinajstić information content (AvgIpc) is 3.02. The number of hydrogen-bond acceptors (Lipinski definition) is 4.